The van der Waals surface area contributed by atoms with E-state index in [0.29, 0.717) is 11.7 Å². The minimum atomic E-state index is 0.605. The lowest BCUT2D eigenvalue weighted by molar-refractivity contribution is 0.120. The molecule has 0 aliphatic carbocycles. The number of aromatic nitrogens is 1. The van der Waals surface area contributed by atoms with Gasteiger partial charge in [-0.25, -0.2) is 4.98 Å². The number of ether oxygens (including phenoxy) is 1. The average Bonchev–Trinajstić information content (AvgIpc) is 2.76. The topological polar surface area (TPSA) is 48.1 Å². The molecular formula is C13H16N2OS. The van der Waals surface area contributed by atoms with Crippen LogP contribution >= 0.6 is 11.3 Å². The first-order valence-corrected chi connectivity index (χ1v) is 6.48. The van der Waals surface area contributed by atoms with Gasteiger partial charge in [-0.3, -0.25) is 0 Å². The molecule has 0 spiro atoms. The van der Waals surface area contributed by atoms with Crippen LogP contribution in [0.2, 0.25) is 0 Å². The Morgan fingerprint density at radius 2 is 2.06 bits per heavy atom. The summed E-state index contributed by atoms with van der Waals surface area (Å²) >= 11 is 1.48. The van der Waals surface area contributed by atoms with Crippen LogP contribution in [0, 0.1) is 0 Å². The van der Waals surface area contributed by atoms with Gasteiger partial charge in [0.25, 0.3) is 0 Å². The van der Waals surface area contributed by atoms with Crippen LogP contribution in [0.3, 0.4) is 0 Å². The van der Waals surface area contributed by atoms with Crippen LogP contribution in [0.25, 0.3) is 0 Å². The molecule has 0 atom stereocenters. The number of rotatable bonds is 6. The van der Waals surface area contributed by atoms with Crippen molar-refractivity contribution < 1.29 is 4.74 Å². The molecule has 2 rings (SSSR count). The van der Waals surface area contributed by atoms with Crippen LogP contribution in [-0.2, 0) is 17.8 Å². The van der Waals surface area contributed by atoms with Gasteiger partial charge in [-0.1, -0.05) is 41.7 Å². The molecule has 4 heteroatoms. The second-order valence-electron chi connectivity index (χ2n) is 3.81. The number of nitrogens with zero attached hydrogens (tertiary/aromatic N) is 1. The first kappa shape index (κ1) is 12.1. The Labute approximate surface area is 105 Å². The lowest BCUT2D eigenvalue weighted by Crippen LogP contribution is -1.96. The molecule has 0 bridgehead atoms. The fraction of sp³-hybridized carbons (Fsp3) is 0.308. The fourth-order valence-electron chi connectivity index (χ4n) is 1.59. The van der Waals surface area contributed by atoms with Gasteiger partial charge < -0.3 is 10.5 Å². The van der Waals surface area contributed by atoms with Crippen LogP contribution in [0.4, 0.5) is 5.13 Å². The summed E-state index contributed by atoms with van der Waals surface area (Å²) < 4.78 is 5.57. The van der Waals surface area contributed by atoms with Gasteiger partial charge in [-0.05, 0) is 18.4 Å². The van der Waals surface area contributed by atoms with Gasteiger partial charge in [0.1, 0.15) is 0 Å². The van der Waals surface area contributed by atoms with Crippen molar-refractivity contribution in [2.75, 3.05) is 12.3 Å². The standard InChI is InChI=1S/C13H16N2OS/c14-13-15-9-12(17-13)10-16-8-4-7-11-5-2-1-3-6-11/h1-3,5-6,9H,4,7-8,10H2,(H2,14,15). The zero-order valence-corrected chi connectivity index (χ0v) is 10.5. The molecule has 0 saturated carbocycles. The molecule has 1 aromatic carbocycles. The Hall–Kier alpha value is -1.39. The van der Waals surface area contributed by atoms with Crippen molar-refractivity contribution in [1.82, 2.24) is 4.98 Å². The minimum Gasteiger partial charge on any atom is -0.376 e. The molecule has 3 nitrogen and oxygen atoms in total. The smallest absolute Gasteiger partial charge is 0.180 e. The van der Waals surface area contributed by atoms with Crippen molar-refractivity contribution in [3.8, 4) is 0 Å². The van der Waals surface area contributed by atoms with Crippen molar-refractivity contribution in [2.24, 2.45) is 0 Å². The maximum Gasteiger partial charge on any atom is 0.180 e. The molecule has 0 saturated heterocycles. The van der Waals surface area contributed by atoms with Gasteiger partial charge in [0.05, 0.1) is 11.5 Å². The maximum atomic E-state index is 5.57. The summed E-state index contributed by atoms with van der Waals surface area (Å²) in [5.41, 5.74) is 6.90. The van der Waals surface area contributed by atoms with Crippen molar-refractivity contribution >= 4 is 16.5 Å². The van der Waals surface area contributed by atoms with Crippen molar-refractivity contribution in [3.63, 3.8) is 0 Å². The van der Waals surface area contributed by atoms with E-state index in [2.05, 4.69) is 29.2 Å². The normalized spacial score (nSPS) is 10.6. The zero-order valence-electron chi connectivity index (χ0n) is 9.63. The predicted octanol–water partition coefficient (Wildman–Crippen LogP) is 2.87. The van der Waals surface area contributed by atoms with Crippen LogP contribution < -0.4 is 5.73 Å². The molecule has 0 amide bonds. The second kappa shape index (κ2) is 6.37. The first-order valence-electron chi connectivity index (χ1n) is 5.66. The molecule has 0 fully saturated rings. The third-order valence-electron chi connectivity index (χ3n) is 2.41. The maximum absolute atomic E-state index is 5.57. The van der Waals surface area contributed by atoms with Crippen LogP contribution in [-0.4, -0.2) is 11.6 Å². The lowest BCUT2D eigenvalue weighted by atomic mass is 10.1. The number of aryl methyl sites for hydroxylation is 1. The summed E-state index contributed by atoms with van der Waals surface area (Å²) in [5, 5.41) is 0.605. The molecule has 0 radical (unpaired) electrons. The van der Waals surface area contributed by atoms with E-state index in [1.54, 1.807) is 6.20 Å². The number of nitrogens with two attached hydrogens (primary N) is 1. The minimum absolute atomic E-state index is 0.605. The number of hydrogen-bond donors (Lipinski definition) is 1. The molecule has 90 valence electrons. The number of benzene rings is 1. The van der Waals surface area contributed by atoms with E-state index in [-0.39, 0.29) is 0 Å². The number of nitrogen functional groups attached to an aromatic ring is 1. The highest BCUT2D eigenvalue weighted by atomic mass is 32.1. The Balaban J connectivity index is 1.61. The van der Waals surface area contributed by atoms with Gasteiger partial charge >= 0.3 is 0 Å². The highest BCUT2D eigenvalue weighted by Crippen LogP contribution is 2.15. The van der Waals surface area contributed by atoms with E-state index in [1.165, 1.54) is 16.9 Å². The Kier molecular flexibility index (Phi) is 4.53. The van der Waals surface area contributed by atoms with Crippen LogP contribution in [0.1, 0.15) is 16.9 Å². The van der Waals surface area contributed by atoms with Gasteiger partial charge in [0.2, 0.25) is 0 Å². The van der Waals surface area contributed by atoms with Gasteiger partial charge in [-0.2, -0.15) is 0 Å². The third kappa shape index (κ3) is 4.17. The molecular weight excluding hydrogens is 232 g/mol. The van der Waals surface area contributed by atoms with E-state index >= 15 is 0 Å². The molecule has 0 aliphatic rings. The number of hydrogen-bond acceptors (Lipinski definition) is 4. The Morgan fingerprint density at radius 1 is 1.24 bits per heavy atom. The number of anilines is 1. The van der Waals surface area contributed by atoms with Crippen molar-refractivity contribution in [2.45, 2.75) is 19.4 Å². The predicted molar refractivity (Wildman–Crippen MR) is 70.9 cm³/mol. The molecule has 1 heterocycles. The summed E-state index contributed by atoms with van der Waals surface area (Å²) in [5.74, 6) is 0. The van der Waals surface area contributed by atoms with Gasteiger partial charge in [0, 0.05) is 12.8 Å². The molecule has 17 heavy (non-hydrogen) atoms. The quantitative estimate of drug-likeness (QED) is 0.800. The highest BCUT2D eigenvalue weighted by molar-refractivity contribution is 7.15. The van der Waals surface area contributed by atoms with Crippen molar-refractivity contribution in [3.05, 3.63) is 47.0 Å². The van der Waals surface area contributed by atoms with E-state index < -0.39 is 0 Å². The molecule has 0 aliphatic heterocycles. The van der Waals surface area contributed by atoms with Crippen molar-refractivity contribution in [1.29, 1.82) is 0 Å². The lowest BCUT2D eigenvalue weighted by Gasteiger charge is -2.02. The first-order chi connectivity index (χ1) is 8.34. The van der Waals surface area contributed by atoms with E-state index in [1.807, 2.05) is 6.07 Å². The number of thiazole rings is 1. The van der Waals surface area contributed by atoms with Gasteiger partial charge in [-0.15, -0.1) is 0 Å². The largest absolute Gasteiger partial charge is 0.376 e. The van der Waals surface area contributed by atoms with E-state index in [9.17, 15) is 0 Å². The zero-order chi connectivity index (χ0) is 11.9. The van der Waals surface area contributed by atoms with Crippen LogP contribution in [0.15, 0.2) is 36.5 Å². The molecule has 2 aromatic rings. The fourth-order valence-corrected chi connectivity index (χ4v) is 2.21. The molecule has 2 N–H and O–H groups in total. The Bertz CT molecular complexity index is 442. The highest BCUT2D eigenvalue weighted by Gasteiger charge is 1.98. The Morgan fingerprint density at radius 3 is 2.76 bits per heavy atom. The summed E-state index contributed by atoms with van der Waals surface area (Å²) in [7, 11) is 0. The monoisotopic (exact) mass is 248 g/mol. The molecule has 0 unspecified atom stereocenters. The summed E-state index contributed by atoms with van der Waals surface area (Å²) in [6.45, 7) is 1.39. The second-order valence-corrected chi connectivity index (χ2v) is 4.95. The third-order valence-corrected chi connectivity index (χ3v) is 3.21. The average molecular weight is 248 g/mol. The summed E-state index contributed by atoms with van der Waals surface area (Å²) in [6, 6.07) is 10.5. The summed E-state index contributed by atoms with van der Waals surface area (Å²) in [6.07, 6.45) is 3.88. The van der Waals surface area contributed by atoms with E-state index in [0.717, 1.165) is 24.3 Å². The summed E-state index contributed by atoms with van der Waals surface area (Å²) in [4.78, 5) is 5.06. The van der Waals surface area contributed by atoms with E-state index in [4.69, 9.17) is 10.5 Å². The SMILES string of the molecule is Nc1ncc(COCCCc2ccccc2)s1. The van der Waals surface area contributed by atoms with Gasteiger partial charge in [0.15, 0.2) is 5.13 Å². The van der Waals surface area contributed by atoms with Crippen LogP contribution in [0.5, 0.6) is 0 Å². The molecule has 1 aromatic heterocycles.